The second-order valence-corrected chi connectivity index (χ2v) is 6.65. The summed E-state index contributed by atoms with van der Waals surface area (Å²) in [5.74, 6) is 1.56. The second kappa shape index (κ2) is 9.56. The highest BCUT2D eigenvalue weighted by Crippen LogP contribution is 2.21. The zero-order chi connectivity index (χ0) is 17.3. The number of anilines is 1. The number of carbonyl (C=O) groups excluding carboxylic acids is 1. The molecule has 3 heterocycles. The number of rotatable bonds is 3. The fourth-order valence-corrected chi connectivity index (χ4v) is 3.21. The van der Waals surface area contributed by atoms with Gasteiger partial charge in [0.2, 0.25) is 11.8 Å². The van der Waals surface area contributed by atoms with Crippen molar-refractivity contribution in [3.63, 3.8) is 0 Å². The van der Waals surface area contributed by atoms with E-state index in [0.29, 0.717) is 18.8 Å². The third-order valence-corrected chi connectivity index (χ3v) is 4.69. The lowest BCUT2D eigenvalue weighted by atomic mass is 10.1. The van der Waals surface area contributed by atoms with E-state index in [1.807, 2.05) is 6.07 Å². The molecule has 25 heavy (non-hydrogen) atoms. The van der Waals surface area contributed by atoms with Gasteiger partial charge in [0, 0.05) is 45.0 Å². The molecular formula is C18H28N4O3. The van der Waals surface area contributed by atoms with Crippen molar-refractivity contribution in [2.45, 2.75) is 51.0 Å². The maximum Gasteiger partial charge on any atom is 0.221 e. The van der Waals surface area contributed by atoms with Gasteiger partial charge in [0.15, 0.2) is 0 Å². The molecule has 0 aliphatic carbocycles. The van der Waals surface area contributed by atoms with Crippen molar-refractivity contribution in [3.05, 3.63) is 12.4 Å². The van der Waals surface area contributed by atoms with Crippen LogP contribution in [0.1, 0.15) is 44.9 Å². The average Bonchev–Trinajstić information content (AvgIpc) is 2.68. The zero-order valence-electron chi connectivity index (χ0n) is 14.8. The van der Waals surface area contributed by atoms with Gasteiger partial charge in [-0.2, -0.15) is 0 Å². The Bertz CT molecular complexity index is 549. The fourth-order valence-electron chi connectivity index (χ4n) is 3.21. The third kappa shape index (κ3) is 5.85. The van der Waals surface area contributed by atoms with Crippen LogP contribution in [0.5, 0.6) is 5.88 Å². The predicted octanol–water partition coefficient (Wildman–Crippen LogP) is 1.92. The monoisotopic (exact) mass is 348 g/mol. The van der Waals surface area contributed by atoms with Crippen LogP contribution >= 0.6 is 0 Å². The molecule has 2 fully saturated rings. The highest BCUT2D eigenvalue weighted by Gasteiger charge is 2.17. The summed E-state index contributed by atoms with van der Waals surface area (Å²) in [6.07, 6.45) is 8.46. The van der Waals surface area contributed by atoms with E-state index < -0.39 is 0 Å². The topological polar surface area (TPSA) is 76.6 Å². The van der Waals surface area contributed by atoms with Gasteiger partial charge in [0.25, 0.3) is 0 Å². The van der Waals surface area contributed by atoms with Gasteiger partial charge in [-0.25, -0.2) is 9.97 Å². The van der Waals surface area contributed by atoms with Crippen LogP contribution in [0.25, 0.3) is 0 Å². The SMILES string of the molecule is O=C1CCN(c2cc(OC3CCOCC3)ncn2)CCCCCCN1. The molecule has 0 saturated carbocycles. The number of carbonyl (C=O) groups is 1. The molecule has 0 atom stereocenters. The van der Waals surface area contributed by atoms with Gasteiger partial charge in [0.05, 0.1) is 13.2 Å². The Morgan fingerprint density at radius 2 is 1.96 bits per heavy atom. The Hall–Kier alpha value is -1.89. The van der Waals surface area contributed by atoms with Crippen molar-refractivity contribution in [3.8, 4) is 5.88 Å². The lowest BCUT2D eigenvalue weighted by Crippen LogP contribution is -2.32. The van der Waals surface area contributed by atoms with Gasteiger partial charge >= 0.3 is 0 Å². The van der Waals surface area contributed by atoms with Crippen LogP contribution in [0.3, 0.4) is 0 Å². The molecule has 7 heteroatoms. The normalized spacial score (nSPS) is 21.3. The number of hydrogen-bond donors (Lipinski definition) is 1. The van der Waals surface area contributed by atoms with E-state index in [1.165, 1.54) is 6.42 Å². The third-order valence-electron chi connectivity index (χ3n) is 4.69. The minimum Gasteiger partial charge on any atom is -0.474 e. The number of hydrogen-bond acceptors (Lipinski definition) is 6. The van der Waals surface area contributed by atoms with Gasteiger partial charge in [-0.15, -0.1) is 0 Å². The van der Waals surface area contributed by atoms with Crippen LogP contribution < -0.4 is 15.0 Å². The lowest BCUT2D eigenvalue weighted by Gasteiger charge is -2.25. The number of ether oxygens (including phenoxy) is 2. The van der Waals surface area contributed by atoms with Crippen LogP contribution in [0, 0.1) is 0 Å². The number of nitrogens with one attached hydrogen (secondary N) is 1. The summed E-state index contributed by atoms with van der Waals surface area (Å²) in [4.78, 5) is 22.7. The van der Waals surface area contributed by atoms with Gasteiger partial charge in [-0.05, 0) is 12.8 Å². The van der Waals surface area contributed by atoms with Crippen LogP contribution in [-0.4, -0.2) is 54.8 Å². The minimum absolute atomic E-state index is 0.111. The summed E-state index contributed by atoms with van der Waals surface area (Å²) in [6.45, 7) is 3.84. The van der Waals surface area contributed by atoms with Gasteiger partial charge in [-0.1, -0.05) is 12.8 Å². The molecule has 138 valence electrons. The molecule has 1 aromatic rings. The van der Waals surface area contributed by atoms with E-state index in [2.05, 4.69) is 20.2 Å². The predicted molar refractivity (Wildman–Crippen MR) is 94.8 cm³/mol. The molecule has 3 rings (SSSR count). The van der Waals surface area contributed by atoms with Crippen molar-refractivity contribution in [2.24, 2.45) is 0 Å². The Kier molecular flexibility index (Phi) is 6.85. The van der Waals surface area contributed by atoms with Crippen LogP contribution in [0.2, 0.25) is 0 Å². The first kappa shape index (κ1) is 17.9. The van der Waals surface area contributed by atoms with E-state index in [9.17, 15) is 4.79 Å². The number of aromatic nitrogens is 2. The first-order valence-corrected chi connectivity index (χ1v) is 9.39. The summed E-state index contributed by atoms with van der Waals surface area (Å²) in [5, 5.41) is 2.98. The Morgan fingerprint density at radius 1 is 1.12 bits per heavy atom. The minimum atomic E-state index is 0.111. The highest BCUT2D eigenvalue weighted by molar-refractivity contribution is 5.76. The van der Waals surface area contributed by atoms with Crippen molar-refractivity contribution >= 4 is 11.7 Å². The first-order chi connectivity index (χ1) is 12.3. The molecule has 0 bridgehead atoms. The van der Waals surface area contributed by atoms with Gasteiger partial charge in [-0.3, -0.25) is 4.79 Å². The average molecular weight is 348 g/mol. The van der Waals surface area contributed by atoms with E-state index in [1.54, 1.807) is 6.33 Å². The standard InChI is InChI=1S/C18H28N4O3/c23-17-5-10-22(9-4-2-1-3-8-19-17)16-13-18(21-14-20-16)25-15-6-11-24-12-7-15/h13-15H,1-12H2,(H,19,23). The Labute approximate surface area is 149 Å². The van der Waals surface area contributed by atoms with Crippen molar-refractivity contribution in [1.29, 1.82) is 0 Å². The van der Waals surface area contributed by atoms with Gasteiger partial charge < -0.3 is 19.7 Å². The zero-order valence-corrected chi connectivity index (χ0v) is 14.8. The molecule has 0 aromatic carbocycles. The smallest absolute Gasteiger partial charge is 0.221 e. The number of amides is 1. The molecule has 0 radical (unpaired) electrons. The molecule has 7 nitrogen and oxygen atoms in total. The molecule has 1 amide bonds. The lowest BCUT2D eigenvalue weighted by molar-refractivity contribution is -0.120. The van der Waals surface area contributed by atoms with Crippen molar-refractivity contribution in [1.82, 2.24) is 15.3 Å². The summed E-state index contributed by atoms with van der Waals surface area (Å²) < 4.78 is 11.4. The highest BCUT2D eigenvalue weighted by atomic mass is 16.5. The summed E-state index contributed by atoms with van der Waals surface area (Å²) in [5.41, 5.74) is 0. The van der Waals surface area contributed by atoms with E-state index in [4.69, 9.17) is 9.47 Å². The van der Waals surface area contributed by atoms with E-state index in [-0.39, 0.29) is 12.0 Å². The molecule has 2 aliphatic heterocycles. The largest absolute Gasteiger partial charge is 0.474 e. The summed E-state index contributed by atoms with van der Waals surface area (Å²) >= 11 is 0. The molecule has 1 N–H and O–H groups in total. The molecule has 2 saturated heterocycles. The second-order valence-electron chi connectivity index (χ2n) is 6.65. The van der Waals surface area contributed by atoms with E-state index >= 15 is 0 Å². The Balaban J connectivity index is 1.64. The first-order valence-electron chi connectivity index (χ1n) is 9.39. The van der Waals surface area contributed by atoms with Crippen molar-refractivity contribution < 1.29 is 14.3 Å². The summed E-state index contributed by atoms with van der Waals surface area (Å²) in [6, 6.07) is 1.90. The fraction of sp³-hybridized carbons (Fsp3) is 0.722. The van der Waals surface area contributed by atoms with E-state index in [0.717, 1.165) is 64.2 Å². The molecule has 0 spiro atoms. The quantitative estimate of drug-likeness (QED) is 0.899. The van der Waals surface area contributed by atoms with Crippen LogP contribution in [-0.2, 0) is 9.53 Å². The maximum absolute atomic E-state index is 11.9. The molecular weight excluding hydrogens is 320 g/mol. The maximum atomic E-state index is 11.9. The molecule has 0 unspecified atom stereocenters. The van der Waals surface area contributed by atoms with Crippen LogP contribution in [0.4, 0.5) is 5.82 Å². The van der Waals surface area contributed by atoms with Gasteiger partial charge in [0.1, 0.15) is 18.2 Å². The molecule has 1 aromatic heterocycles. The van der Waals surface area contributed by atoms with Crippen LogP contribution in [0.15, 0.2) is 12.4 Å². The van der Waals surface area contributed by atoms with Crippen molar-refractivity contribution in [2.75, 3.05) is 37.7 Å². The number of nitrogens with zero attached hydrogens (tertiary/aromatic N) is 3. The Morgan fingerprint density at radius 3 is 2.84 bits per heavy atom. The molecule has 2 aliphatic rings. The summed E-state index contributed by atoms with van der Waals surface area (Å²) in [7, 11) is 0.